The minimum atomic E-state index is -0.867. The van der Waals surface area contributed by atoms with Crippen LogP contribution >= 0.6 is 0 Å². The molecule has 0 radical (unpaired) electrons. The molecule has 6 heteroatoms. The number of aliphatic hydroxyl groups excluding tert-OH is 1. The lowest BCUT2D eigenvalue weighted by Gasteiger charge is -2.27. The lowest BCUT2D eigenvalue weighted by molar-refractivity contribution is -0.132. The number of methoxy groups -OCH3 is 1. The van der Waals surface area contributed by atoms with E-state index in [9.17, 15) is 14.7 Å². The van der Waals surface area contributed by atoms with E-state index in [0.29, 0.717) is 34.9 Å². The Hall–Kier alpha value is -4.06. The van der Waals surface area contributed by atoms with Crippen molar-refractivity contribution in [1.82, 2.24) is 0 Å². The predicted molar refractivity (Wildman–Crippen MR) is 141 cm³/mol. The quantitative estimate of drug-likeness (QED) is 0.263. The largest absolute Gasteiger partial charge is 0.507 e. The van der Waals surface area contributed by atoms with Gasteiger partial charge < -0.3 is 14.6 Å². The molecule has 0 aromatic heterocycles. The van der Waals surface area contributed by atoms with Gasteiger partial charge in [0.25, 0.3) is 11.7 Å². The van der Waals surface area contributed by atoms with Crippen molar-refractivity contribution in [2.24, 2.45) is 0 Å². The number of Topliss-reactive ketones (excluding diaryl/α,β-unsaturated/α-hetero) is 1. The molecule has 1 N–H and O–H groups in total. The first-order chi connectivity index (χ1) is 17.2. The highest BCUT2D eigenvalue weighted by molar-refractivity contribution is 6.51. The van der Waals surface area contributed by atoms with Crippen LogP contribution < -0.4 is 14.4 Å². The Morgan fingerprint density at radius 2 is 1.61 bits per heavy atom. The van der Waals surface area contributed by atoms with Crippen molar-refractivity contribution in [2.45, 2.75) is 39.2 Å². The molecule has 1 heterocycles. The van der Waals surface area contributed by atoms with Gasteiger partial charge in [-0.2, -0.15) is 0 Å². The fraction of sp³-hybridized carbons (Fsp3) is 0.267. The van der Waals surface area contributed by atoms with Gasteiger partial charge >= 0.3 is 0 Å². The van der Waals surface area contributed by atoms with E-state index in [1.807, 2.05) is 31.2 Å². The number of benzene rings is 3. The molecule has 0 saturated carbocycles. The number of hydrogen-bond acceptors (Lipinski definition) is 5. The van der Waals surface area contributed by atoms with E-state index in [4.69, 9.17) is 9.47 Å². The molecular weight excluding hydrogens is 454 g/mol. The van der Waals surface area contributed by atoms with E-state index in [0.717, 1.165) is 5.56 Å². The number of ether oxygens (including phenoxy) is 2. The first-order valence-corrected chi connectivity index (χ1v) is 12.0. The second kappa shape index (κ2) is 9.90. The highest BCUT2D eigenvalue weighted by Gasteiger charge is 2.48. The van der Waals surface area contributed by atoms with Crippen LogP contribution in [0, 0.1) is 0 Å². The van der Waals surface area contributed by atoms with E-state index in [-0.39, 0.29) is 16.7 Å². The van der Waals surface area contributed by atoms with Crippen molar-refractivity contribution in [1.29, 1.82) is 0 Å². The molecule has 1 amide bonds. The van der Waals surface area contributed by atoms with Gasteiger partial charge in [-0.05, 0) is 48.7 Å². The summed E-state index contributed by atoms with van der Waals surface area (Å²) in [6, 6.07) is 20.7. The molecule has 1 saturated heterocycles. The van der Waals surface area contributed by atoms with Crippen LogP contribution in [0.25, 0.3) is 5.76 Å². The number of aliphatic hydroxyl groups is 1. The molecule has 186 valence electrons. The van der Waals surface area contributed by atoms with Crippen LogP contribution in [-0.4, -0.2) is 30.5 Å². The van der Waals surface area contributed by atoms with Gasteiger partial charge in [-0.25, -0.2) is 0 Å². The molecule has 4 rings (SSSR count). The molecule has 1 atom stereocenters. The molecule has 0 bridgehead atoms. The second-order valence-corrected chi connectivity index (χ2v) is 9.64. The number of nitrogens with zero attached hydrogens (tertiary/aromatic N) is 1. The molecule has 1 unspecified atom stereocenters. The van der Waals surface area contributed by atoms with Crippen LogP contribution in [0.2, 0.25) is 0 Å². The maximum absolute atomic E-state index is 13.5. The van der Waals surface area contributed by atoms with E-state index in [2.05, 4.69) is 20.8 Å². The first kappa shape index (κ1) is 25.0. The first-order valence-electron chi connectivity index (χ1n) is 12.0. The van der Waals surface area contributed by atoms with Crippen LogP contribution in [0.5, 0.6) is 11.5 Å². The number of carbonyl (C=O) groups excluding carboxylic acids is 2. The van der Waals surface area contributed by atoms with Gasteiger partial charge in [0, 0.05) is 22.4 Å². The van der Waals surface area contributed by atoms with Crippen LogP contribution in [0.15, 0.2) is 78.4 Å². The van der Waals surface area contributed by atoms with E-state index >= 15 is 0 Å². The summed E-state index contributed by atoms with van der Waals surface area (Å²) in [6.45, 7) is 8.58. The Kier molecular flexibility index (Phi) is 6.88. The third-order valence-corrected chi connectivity index (χ3v) is 6.27. The summed E-state index contributed by atoms with van der Waals surface area (Å²) in [6.07, 6.45) is 0. The monoisotopic (exact) mass is 485 g/mol. The third-order valence-electron chi connectivity index (χ3n) is 6.27. The van der Waals surface area contributed by atoms with Gasteiger partial charge in [-0.15, -0.1) is 0 Å². The Balaban J connectivity index is 1.97. The van der Waals surface area contributed by atoms with Gasteiger partial charge in [0.1, 0.15) is 17.3 Å². The minimum Gasteiger partial charge on any atom is -0.507 e. The zero-order valence-corrected chi connectivity index (χ0v) is 21.2. The average molecular weight is 486 g/mol. The van der Waals surface area contributed by atoms with Crippen LogP contribution in [-0.2, 0) is 15.0 Å². The number of hydrogen-bond donors (Lipinski definition) is 1. The maximum atomic E-state index is 13.5. The van der Waals surface area contributed by atoms with Gasteiger partial charge in [0.2, 0.25) is 0 Å². The molecule has 1 aliphatic rings. The highest BCUT2D eigenvalue weighted by atomic mass is 16.5. The molecule has 3 aromatic rings. The van der Waals surface area contributed by atoms with Gasteiger partial charge in [0.05, 0.1) is 25.3 Å². The Morgan fingerprint density at radius 1 is 0.944 bits per heavy atom. The van der Waals surface area contributed by atoms with Crippen LogP contribution in [0.1, 0.15) is 50.4 Å². The summed E-state index contributed by atoms with van der Waals surface area (Å²) >= 11 is 0. The van der Waals surface area contributed by atoms with Crippen molar-refractivity contribution in [3.05, 3.63) is 95.1 Å². The highest BCUT2D eigenvalue weighted by Crippen LogP contribution is 2.45. The molecule has 0 aliphatic carbocycles. The standard InChI is InChI=1S/C30H31NO5/c1-6-36-24-17-16-19(18-22(24)30(2,3)4)27(32)25-26(21-14-10-11-15-23(21)35-5)31(29(34)28(25)33)20-12-8-7-9-13-20/h7-18,26,32H,6H2,1-5H3/b27-25+. The summed E-state index contributed by atoms with van der Waals surface area (Å²) < 4.78 is 11.4. The van der Waals surface area contributed by atoms with Crippen molar-refractivity contribution >= 4 is 23.1 Å². The minimum absolute atomic E-state index is 0.0115. The second-order valence-electron chi connectivity index (χ2n) is 9.64. The predicted octanol–water partition coefficient (Wildman–Crippen LogP) is 6.02. The number of amides is 1. The fourth-order valence-corrected chi connectivity index (χ4v) is 4.57. The number of carbonyl (C=O) groups is 2. The summed E-state index contributed by atoms with van der Waals surface area (Å²) in [7, 11) is 1.54. The zero-order chi connectivity index (χ0) is 26.0. The average Bonchev–Trinajstić information content (AvgIpc) is 3.14. The van der Waals surface area contributed by atoms with Crippen LogP contribution in [0.4, 0.5) is 5.69 Å². The molecular formula is C30H31NO5. The molecule has 1 aliphatic heterocycles. The van der Waals surface area contributed by atoms with Crippen molar-refractivity contribution in [3.63, 3.8) is 0 Å². The fourth-order valence-electron chi connectivity index (χ4n) is 4.57. The van der Waals surface area contributed by atoms with E-state index < -0.39 is 17.7 Å². The Bertz CT molecular complexity index is 1320. The topological polar surface area (TPSA) is 76.1 Å². The van der Waals surface area contributed by atoms with Crippen molar-refractivity contribution in [3.8, 4) is 11.5 Å². The van der Waals surface area contributed by atoms with E-state index in [1.165, 1.54) is 12.0 Å². The molecule has 3 aromatic carbocycles. The zero-order valence-electron chi connectivity index (χ0n) is 21.2. The third kappa shape index (κ3) is 4.47. The Morgan fingerprint density at radius 3 is 2.25 bits per heavy atom. The lowest BCUT2D eigenvalue weighted by atomic mass is 9.84. The van der Waals surface area contributed by atoms with Gasteiger partial charge in [-0.3, -0.25) is 14.5 Å². The number of anilines is 1. The molecule has 1 fully saturated rings. The SMILES string of the molecule is CCOc1ccc(/C(O)=C2\C(=O)C(=O)N(c3ccccc3)C2c2ccccc2OC)cc1C(C)(C)C. The Labute approximate surface area is 211 Å². The molecule has 36 heavy (non-hydrogen) atoms. The maximum Gasteiger partial charge on any atom is 0.300 e. The number of ketones is 1. The normalized spacial score (nSPS) is 17.4. The number of para-hydroxylation sites is 2. The number of rotatable bonds is 6. The summed E-state index contributed by atoms with van der Waals surface area (Å²) in [4.78, 5) is 28.3. The summed E-state index contributed by atoms with van der Waals surface area (Å²) in [5, 5.41) is 11.6. The van der Waals surface area contributed by atoms with Crippen molar-refractivity contribution < 1.29 is 24.2 Å². The van der Waals surface area contributed by atoms with Crippen molar-refractivity contribution in [2.75, 3.05) is 18.6 Å². The van der Waals surface area contributed by atoms with Gasteiger partial charge in [0.15, 0.2) is 0 Å². The van der Waals surface area contributed by atoms with Crippen LogP contribution in [0.3, 0.4) is 0 Å². The summed E-state index contributed by atoms with van der Waals surface area (Å²) in [5.41, 5.74) is 2.22. The summed E-state index contributed by atoms with van der Waals surface area (Å²) in [5.74, 6) is -0.471. The lowest BCUT2D eigenvalue weighted by Crippen LogP contribution is -2.29. The van der Waals surface area contributed by atoms with Gasteiger partial charge in [-0.1, -0.05) is 57.2 Å². The van der Waals surface area contributed by atoms with E-state index in [1.54, 1.807) is 48.5 Å². The molecule has 6 nitrogen and oxygen atoms in total. The molecule has 0 spiro atoms. The smallest absolute Gasteiger partial charge is 0.300 e.